The second-order valence-corrected chi connectivity index (χ2v) is 8.17. The number of amides is 1. The molecule has 0 bridgehead atoms. The van der Waals surface area contributed by atoms with E-state index in [2.05, 4.69) is 22.1 Å². The summed E-state index contributed by atoms with van der Waals surface area (Å²) in [4.78, 5) is 26.5. The topological polar surface area (TPSA) is 75.4 Å². The highest BCUT2D eigenvalue weighted by atomic mass is 16.5. The molecule has 0 unspecified atom stereocenters. The van der Waals surface area contributed by atoms with Gasteiger partial charge in [0.1, 0.15) is 11.6 Å². The van der Waals surface area contributed by atoms with Crippen LogP contribution in [0.4, 0.5) is 0 Å². The van der Waals surface area contributed by atoms with Gasteiger partial charge in [0.15, 0.2) is 5.69 Å². The summed E-state index contributed by atoms with van der Waals surface area (Å²) >= 11 is 0. The number of carbonyl (C=O) groups is 1. The Morgan fingerprint density at radius 1 is 1.22 bits per heavy atom. The maximum atomic E-state index is 12.9. The highest BCUT2D eigenvalue weighted by Gasteiger charge is 2.32. The summed E-state index contributed by atoms with van der Waals surface area (Å²) in [6, 6.07) is 1.83. The van der Waals surface area contributed by atoms with Crippen LogP contribution in [0.5, 0.6) is 0 Å². The Kier molecular flexibility index (Phi) is 4.19. The van der Waals surface area contributed by atoms with Crippen LogP contribution in [0.3, 0.4) is 0 Å². The predicted molar refractivity (Wildman–Crippen MR) is 98.4 cm³/mol. The first-order chi connectivity index (χ1) is 13.2. The minimum atomic E-state index is -0.0325. The molecule has 7 heteroatoms. The van der Waals surface area contributed by atoms with Crippen LogP contribution in [0.15, 0.2) is 16.8 Å². The summed E-state index contributed by atoms with van der Waals surface area (Å²) < 4.78 is 5.36. The Balaban J connectivity index is 1.31. The van der Waals surface area contributed by atoms with Crippen LogP contribution in [-0.2, 0) is 13.0 Å². The number of fused-ring (bicyclic) bond motifs is 1. The number of carbonyl (C=O) groups excluding carboxylic acids is 1. The van der Waals surface area contributed by atoms with E-state index in [4.69, 9.17) is 9.51 Å². The fraction of sp³-hybridized carbons (Fsp3) is 0.600. The van der Waals surface area contributed by atoms with Crippen molar-refractivity contribution >= 4 is 5.91 Å². The van der Waals surface area contributed by atoms with E-state index in [1.54, 1.807) is 0 Å². The van der Waals surface area contributed by atoms with Gasteiger partial charge < -0.3 is 14.3 Å². The number of likely N-dealkylation sites (N-methyl/N-ethyl adjacent to an activating group) is 1. The molecule has 0 radical (unpaired) electrons. The van der Waals surface area contributed by atoms with Gasteiger partial charge in [-0.3, -0.25) is 4.79 Å². The van der Waals surface area contributed by atoms with Crippen molar-refractivity contribution in [1.82, 2.24) is 24.9 Å². The Morgan fingerprint density at radius 3 is 2.96 bits per heavy atom. The van der Waals surface area contributed by atoms with Gasteiger partial charge in [-0.1, -0.05) is 5.16 Å². The van der Waals surface area contributed by atoms with Gasteiger partial charge in [0.25, 0.3) is 5.91 Å². The first kappa shape index (κ1) is 16.9. The van der Waals surface area contributed by atoms with E-state index in [9.17, 15) is 4.79 Å². The monoisotopic (exact) mass is 367 g/mol. The second-order valence-electron chi connectivity index (χ2n) is 8.17. The third-order valence-corrected chi connectivity index (χ3v) is 5.94. The molecule has 3 aliphatic rings. The fourth-order valence-electron chi connectivity index (χ4n) is 4.15. The lowest BCUT2D eigenvalue weighted by Crippen LogP contribution is -2.40. The largest absolute Gasteiger partial charge is 0.360 e. The molecule has 1 saturated heterocycles. The number of rotatable bonds is 3. The van der Waals surface area contributed by atoms with Crippen molar-refractivity contribution in [2.24, 2.45) is 0 Å². The van der Waals surface area contributed by atoms with Crippen molar-refractivity contribution in [2.45, 2.75) is 50.5 Å². The zero-order valence-corrected chi connectivity index (χ0v) is 15.7. The third kappa shape index (κ3) is 3.36. The number of hydrogen-bond donors (Lipinski definition) is 0. The summed E-state index contributed by atoms with van der Waals surface area (Å²) in [6.45, 7) is 3.37. The average molecular weight is 367 g/mol. The summed E-state index contributed by atoms with van der Waals surface area (Å²) in [6.07, 6.45) is 7.22. The highest BCUT2D eigenvalue weighted by Crippen LogP contribution is 2.40. The standard InChI is InChI=1S/C20H25N5O2/c1-24-8-6-16-15(11-24)10-21-19(22-16)14-3-2-7-25(12-14)20(26)17-9-18(27-23-17)13-4-5-13/h9-10,13-14H,2-8,11-12H2,1H3/t14-/m1/s1. The van der Waals surface area contributed by atoms with Gasteiger partial charge in [0.05, 0.1) is 0 Å². The van der Waals surface area contributed by atoms with Gasteiger partial charge in [0.2, 0.25) is 0 Å². The molecule has 0 aromatic carbocycles. The summed E-state index contributed by atoms with van der Waals surface area (Å²) in [5.74, 6) is 2.37. The zero-order valence-electron chi connectivity index (χ0n) is 15.7. The average Bonchev–Trinajstić information content (AvgIpc) is 3.44. The van der Waals surface area contributed by atoms with Gasteiger partial charge in [-0.15, -0.1) is 0 Å². The van der Waals surface area contributed by atoms with E-state index >= 15 is 0 Å². The molecule has 1 saturated carbocycles. The molecule has 2 fully saturated rings. The lowest BCUT2D eigenvalue weighted by atomic mass is 9.96. The first-order valence-electron chi connectivity index (χ1n) is 9.96. The normalized spacial score (nSPS) is 23.3. The van der Waals surface area contributed by atoms with Crippen LogP contribution in [-0.4, -0.2) is 57.5 Å². The van der Waals surface area contributed by atoms with Crippen molar-refractivity contribution < 1.29 is 9.32 Å². The van der Waals surface area contributed by atoms with E-state index in [0.29, 0.717) is 18.2 Å². The minimum Gasteiger partial charge on any atom is -0.360 e. The molecule has 7 nitrogen and oxygen atoms in total. The van der Waals surface area contributed by atoms with Gasteiger partial charge >= 0.3 is 0 Å². The van der Waals surface area contributed by atoms with Gasteiger partial charge in [-0.2, -0.15) is 0 Å². The molecular formula is C20H25N5O2. The molecule has 142 valence electrons. The fourth-order valence-corrected chi connectivity index (χ4v) is 4.15. The Bertz CT molecular complexity index is 860. The van der Waals surface area contributed by atoms with Crippen molar-refractivity contribution in [2.75, 3.05) is 26.7 Å². The van der Waals surface area contributed by atoms with Gasteiger partial charge in [-0.25, -0.2) is 9.97 Å². The van der Waals surface area contributed by atoms with E-state index in [1.165, 1.54) is 11.3 Å². The van der Waals surface area contributed by atoms with E-state index < -0.39 is 0 Å². The molecule has 0 N–H and O–H groups in total. The van der Waals surface area contributed by atoms with Crippen molar-refractivity contribution in [3.63, 3.8) is 0 Å². The third-order valence-electron chi connectivity index (χ3n) is 5.94. The maximum Gasteiger partial charge on any atom is 0.276 e. The van der Waals surface area contributed by atoms with Crippen LogP contribution < -0.4 is 0 Å². The molecule has 5 rings (SSSR count). The first-order valence-corrected chi connectivity index (χ1v) is 9.96. The number of aromatic nitrogens is 3. The predicted octanol–water partition coefficient (Wildman–Crippen LogP) is 2.35. The molecule has 1 amide bonds. The number of piperidine rings is 1. The number of likely N-dealkylation sites (tertiary alicyclic amines) is 1. The van der Waals surface area contributed by atoms with E-state index in [0.717, 1.165) is 63.3 Å². The zero-order chi connectivity index (χ0) is 18.4. The van der Waals surface area contributed by atoms with E-state index in [-0.39, 0.29) is 11.8 Å². The maximum absolute atomic E-state index is 12.9. The van der Waals surface area contributed by atoms with Crippen molar-refractivity contribution in [1.29, 1.82) is 0 Å². The van der Waals surface area contributed by atoms with Crippen LogP contribution in [0.25, 0.3) is 0 Å². The minimum absolute atomic E-state index is 0.0325. The van der Waals surface area contributed by atoms with Gasteiger partial charge in [0, 0.05) is 68.0 Å². The Hall–Kier alpha value is -2.28. The summed E-state index contributed by atoms with van der Waals surface area (Å²) in [5, 5.41) is 4.01. The summed E-state index contributed by atoms with van der Waals surface area (Å²) in [5.41, 5.74) is 2.84. The number of hydrogen-bond acceptors (Lipinski definition) is 6. The lowest BCUT2D eigenvalue weighted by Gasteiger charge is -2.32. The van der Waals surface area contributed by atoms with Crippen LogP contribution in [0.1, 0.15) is 70.8 Å². The molecular weight excluding hydrogens is 342 g/mol. The van der Waals surface area contributed by atoms with Crippen LogP contribution >= 0.6 is 0 Å². The SMILES string of the molecule is CN1CCc2nc([C@@H]3CCCN(C(=O)c4cc(C5CC5)on4)C3)ncc2C1. The van der Waals surface area contributed by atoms with Crippen molar-refractivity contribution in [3.8, 4) is 0 Å². The Labute approximate surface area is 158 Å². The summed E-state index contributed by atoms with van der Waals surface area (Å²) in [7, 11) is 2.13. The molecule has 2 aromatic rings. The second kappa shape index (κ2) is 6.71. The quantitative estimate of drug-likeness (QED) is 0.829. The molecule has 4 heterocycles. The molecule has 27 heavy (non-hydrogen) atoms. The molecule has 2 aromatic heterocycles. The van der Waals surface area contributed by atoms with Crippen LogP contribution in [0.2, 0.25) is 0 Å². The lowest BCUT2D eigenvalue weighted by molar-refractivity contribution is 0.0693. The molecule has 1 aliphatic carbocycles. The van der Waals surface area contributed by atoms with Crippen molar-refractivity contribution in [3.05, 3.63) is 40.8 Å². The van der Waals surface area contributed by atoms with Crippen LogP contribution in [0, 0.1) is 0 Å². The number of nitrogens with zero attached hydrogens (tertiary/aromatic N) is 5. The highest BCUT2D eigenvalue weighted by molar-refractivity contribution is 5.92. The molecule has 2 aliphatic heterocycles. The molecule has 0 spiro atoms. The molecule has 1 atom stereocenters. The Morgan fingerprint density at radius 2 is 2.11 bits per heavy atom. The van der Waals surface area contributed by atoms with E-state index in [1.807, 2.05) is 17.2 Å². The van der Waals surface area contributed by atoms with Gasteiger partial charge in [-0.05, 0) is 32.7 Å². The smallest absolute Gasteiger partial charge is 0.276 e.